The third kappa shape index (κ3) is 1.81. The Bertz CT molecular complexity index is 454. The van der Waals surface area contributed by atoms with Crippen LogP contribution >= 0.6 is 11.5 Å². The maximum atomic E-state index is 8.77. The molecule has 67 valence electrons. The maximum Gasteiger partial charge on any atom is 0.103 e. The number of hydrogen-bond acceptors (Lipinski definition) is 3. The molecule has 0 N–H and O–H groups in total. The Labute approximate surface area is 86.6 Å². The first-order valence-corrected chi connectivity index (χ1v) is 4.98. The number of nitriles is 1. The highest BCUT2D eigenvalue weighted by Gasteiger charge is 2.05. The lowest BCUT2D eigenvalue weighted by Gasteiger charge is -1.96. The van der Waals surface area contributed by atoms with Crippen molar-refractivity contribution >= 4 is 11.5 Å². The van der Waals surface area contributed by atoms with Crippen molar-refractivity contribution in [3.63, 3.8) is 0 Å². The van der Waals surface area contributed by atoms with Crippen LogP contribution in [0.5, 0.6) is 0 Å². The zero-order valence-corrected chi connectivity index (χ0v) is 8.21. The number of benzene rings is 1. The van der Waals surface area contributed by atoms with E-state index in [2.05, 4.69) is 15.8 Å². The molecule has 1 aromatic heterocycles. The van der Waals surface area contributed by atoms with E-state index in [1.807, 2.05) is 30.3 Å². The standard InChI is InChI=1S/C11H7N2S/c12-7-10-8-14-13-11(10)6-9-4-2-1-3-5-9/h1-5H,6H2. The smallest absolute Gasteiger partial charge is 0.103 e. The van der Waals surface area contributed by atoms with Crippen molar-refractivity contribution in [1.29, 1.82) is 5.26 Å². The van der Waals surface area contributed by atoms with Gasteiger partial charge in [-0.3, -0.25) is 0 Å². The third-order valence-electron chi connectivity index (χ3n) is 1.92. The zero-order chi connectivity index (χ0) is 9.80. The lowest BCUT2D eigenvalue weighted by molar-refractivity contribution is 1.12. The van der Waals surface area contributed by atoms with E-state index in [0.717, 1.165) is 5.69 Å². The molecule has 2 aromatic rings. The lowest BCUT2D eigenvalue weighted by atomic mass is 10.1. The van der Waals surface area contributed by atoms with Crippen LogP contribution in [-0.2, 0) is 6.42 Å². The van der Waals surface area contributed by atoms with Gasteiger partial charge in [0.1, 0.15) is 6.07 Å². The van der Waals surface area contributed by atoms with Crippen molar-refractivity contribution < 1.29 is 0 Å². The minimum absolute atomic E-state index is 0.568. The van der Waals surface area contributed by atoms with E-state index < -0.39 is 0 Å². The van der Waals surface area contributed by atoms with E-state index in [1.165, 1.54) is 17.1 Å². The van der Waals surface area contributed by atoms with Crippen LogP contribution < -0.4 is 0 Å². The second kappa shape index (κ2) is 4.03. The molecular formula is C11H7N2S. The van der Waals surface area contributed by atoms with Gasteiger partial charge in [-0.2, -0.15) is 9.64 Å². The maximum absolute atomic E-state index is 8.77. The van der Waals surface area contributed by atoms with Crippen LogP contribution in [0.1, 0.15) is 16.8 Å². The molecule has 0 aliphatic heterocycles. The number of rotatable bonds is 2. The van der Waals surface area contributed by atoms with Gasteiger partial charge in [-0.25, -0.2) is 0 Å². The Morgan fingerprint density at radius 3 is 2.86 bits per heavy atom. The van der Waals surface area contributed by atoms with E-state index in [0.29, 0.717) is 12.0 Å². The molecule has 0 fully saturated rings. The van der Waals surface area contributed by atoms with Crippen LogP contribution in [0.15, 0.2) is 30.3 Å². The summed E-state index contributed by atoms with van der Waals surface area (Å²) < 4.78 is 4.15. The van der Waals surface area contributed by atoms with Crippen molar-refractivity contribution in [1.82, 2.24) is 4.37 Å². The summed E-state index contributed by atoms with van der Waals surface area (Å²) in [5.74, 6) is 0. The Morgan fingerprint density at radius 2 is 2.14 bits per heavy atom. The molecule has 0 bridgehead atoms. The molecule has 0 atom stereocenters. The van der Waals surface area contributed by atoms with Crippen LogP contribution in [0.2, 0.25) is 0 Å². The Balaban J connectivity index is 2.24. The predicted molar refractivity (Wildman–Crippen MR) is 54.9 cm³/mol. The Hall–Kier alpha value is -1.66. The first kappa shape index (κ1) is 8.92. The molecular weight excluding hydrogens is 192 g/mol. The first-order chi connectivity index (χ1) is 6.90. The van der Waals surface area contributed by atoms with Crippen LogP contribution in [0, 0.1) is 16.7 Å². The van der Waals surface area contributed by atoms with Gasteiger partial charge in [-0.1, -0.05) is 30.3 Å². The summed E-state index contributed by atoms with van der Waals surface area (Å²) in [6, 6.07) is 12.1. The fourth-order valence-corrected chi connectivity index (χ4v) is 1.79. The summed E-state index contributed by atoms with van der Waals surface area (Å²) in [4.78, 5) is 0. The highest BCUT2D eigenvalue weighted by atomic mass is 32.1. The quantitative estimate of drug-likeness (QED) is 0.744. The average molecular weight is 199 g/mol. The average Bonchev–Trinajstić information content (AvgIpc) is 2.67. The van der Waals surface area contributed by atoms with Gasteiger partial charge in [-0.05, 0) is 17.1 Å². The van der Waals surface area contributed by atoms with E-state index in [-0.39, 0.29) is 0 Å². The number of aromatic nitrogens is 1. The highest BCUT2D eigenvalue weighted by Crippen LogP contribution is 2.13. The zero-order valence-electron chi connectivity index (χ0n) is 7.40. The monoisotopic (exact) mass is 199 g/mol. The van der Waals surface area contributed by atoms with Gasteiger partial charge in [0.2, 0.25) is 0 Å². The topological polar surface area (TPSA) is 36.7 Å². The van der Waals surface area contributed by atoms with Gasteiger partial charge in [0.25, 0.3) is 0 Å². The fraction of sp³-hybridized carbons (Fsp3) is 0.0909. The molecule has 0 spiro atoms. The van der Waals surface area contributed by atoms with Crippen molar-refractivity contribution in [3.05, 3.63) is 52.5 Å². The second-order valence-corrected chi connectivity index (χ2v) is 3.45. The first-order valence-electron chi connectivity index (χ1n) is 4.20. The van der Waals surface area contributed by atoms with Crippen molar-refractivity contribution in [2.45, 2.75) is 6.42 Å². The van der Waals surface area contributed by atoms with Gasteiger partial charge in [-0.15, -0.1) is 0 Å². The summed E-state index contributed by atoms with van der Waals surface area (Å²) in [6.45, 7) is 0. The molecule has 0 saturated heterocycles. The third-order valence-corrected chi connectivity index (χ3v) is 2.53. The molecule has 0 aliphatic carbocycles. The molecule has 2 nitrogen and oxygen atoms in total. The van der Waals surface area contributed by atoms with E-state index >= 15 is 0 Å². The van der Waals surface area contributed by atoms with Crippen LogP contribution in [0.3, 0.4) is 0 Å². The molecule has 14 heavy (non-hydrogen) atoms. The molecule has 0 unspecified atom stereocenters. The Kier molecular flexibility index (Phi) is 2.57. The summed E-state index contributed by atoms with van der Waals surface area (Å²) in [7, 11) is 0. The number of hydrogen-bond donors (Lipinski definition) is 0. The molecule has 0 amide bonds. The van der Waals surface area contributed by atoms with E-state index in [4.69, 9.17) is 5.26 Å². The van der Waals surface area contributed by atoms with Crippen molar-refractivity contribution in [2.75, 3.05) is 0 Å². The molecule has 0 aliphatic rings. The summed E-state index contributed by atoms with van der Waals surface area (Å²) in [5, 5.41) is 11.6. The van der Waals surface area contributed by atoms with Gasteiger partial charge < -0.3 is 0 Å². The van der Waals surface area contributed by atoms with E-state index in [1.54, 1.807) is 0 Å². The molecule has 1 aromatic carbocycles. The van der Waals surface area contributed by atoms with Gasteiger partial charge in [0.05, 0.1) is 16.6 Å². The second-order valence-electron chi connectivity index (χ2n) is 2.88. The fourth-order valence-electron chi connectivity index (χ4n) is 1.23. The minimum atomic E-state index is 0.568. The van der Waals surface area contributed by atoms with Crippen molar-refractivity contribution in [2.24, 2.45) is 0 Å². The van der Waals surface area contributed by atoms with Crippen LogP contribution in [-0.4, -0.2) is 4.37 Å². The summed E-state index contributed by atoms with van der Waals surface area (Å²) in [6.07, 6.45) is 0.712. The highest BCUT2D eigenvalue weighted by molar-refractivity contribution is 7.03. The van der Waals surface area contributed by atoms with Gasteiger partial charge in [0, 0.05) is 6.42 Å². The predicted octanol–water partition coefficient (Wildman–Crippen LogP) is 2.41. The minimum Gasteiger partial charge on any atom is -0.195 e. The molecule has 1 heterocycles. The van der Waals surface area contributed by atoms with Crippen LogP contribution in [0.25, 0.3) is 0 Å². The Morgan fingerprint density at radius 1 is 1.36 bits per heavy atom. The van der Waals surface area contributed by atoms with Gasteiger partial charge >= 0.3 is 0 Å². The van der Waals surface area contributed by atoms with Gasteiger partial charge in [0.15, 0.2) is 0 Å². The normalized spacial score (nSPS) is 9.64. The summed E-state index contributed by atoms with van der Waals surface area (Å²) >= 11 is 1.21. The van der Waals surface area contributed by atoms with Crippen molar-refractivity contribution in [3.8, 4) is 6.07 Å². The van der Waals surface area contributed by atoms with E-state index in [9.17, 15) is 0 Å². The lowest BCUT2D eigenvalue weighted by Crippen LogP contribution is -1.90. The SMILES string of the molecule is N#Cc1[c]snc1Cc1ccccc1. The largest absolute Gasteiger partial charge is 0.195 e. The summed E-state index contributed by atoms with van der Waals surface area (Å²) in [5.41, 5.74) is 2.56. The molecule has 0 saturated carbocycles. The number of nitrogens with zero attached hydrogens (tertiary/aromatic N) is 2. The molecule has 2 rings (SSSR count). The molecule has 3 heteroatoms. The molecule has 1 radical (unpaired) electrons. The van der Waals surface area contributed by atoms with Crippen LogP contribution in [0.4, 0.5) is 0 Å².